The third kappa shape index (κ3) is 3.91. The zero-order chi connectivity index (χ0) is 16.0. The first-order chi connectivity index (χ1) is 9.89. The first-order valence-corrected chi connectivity index (χ1v) is 8.24. The second kappa shape index (κ2) is 7.69. The van der Waals surface area contributed by atoms with Gasteiger partial charge in [-0.2, -0.15) is 9.40 Å². The fourth-order valence-corrected chi connectivity index (χ4v) is 3.96. The van der Waals surface area contributed by atoms with Crippen LogP contribution in [0.1, 0.15) is 11.4 Å². The number of sulfonamides is 1. The zero-order valence-corrected chi connectivity index (χ0v) is 13.7. The SMILES string of the molecule is C=CCN(CCO)S(=O)(=O)c1c(C)nn(CCNC)c1C. The van der Waals surface area contributed by atoms with E-state index in [0.29, 0.717) is 24.5 Å². The predicted octanol–water partition coefficient (Wildman–Crippen LogP) is -0.112. The smallest absolute Gasteiger partial charge is 0.247 e. The van der Waals surface area contributed by atoms with E-state index in [4.69, 9.17) is 5.11 Å². The minimum absolute atomic E-state index is 0.0366. The molecule has 1 aromatic heterocycles. The van der Waals surface area contributed by atoms with Crippen LogP contribution in [-0.2, 0) is 16.6 Å². The lowest BCUT2D eigenvalue weighted by molar-refractivity contribution is 0.260. The maximum absolute atomic E-state index is 12.7. The fraction of sp³-hybridized carbons (Fsp3) is 0.615. The van der Waals surface area contributed by atoms with Crippen LogP contribution in [0.25, 0.3) is 0 Å². The molecule has 0 aromatic carbocycles. The molecule has 0 saturated heterocycles. The van der Waals surface area contributed by atoms with Gasteiger partial charge in [-0.25, -0.2) is 8.42 Å². The molecule has 0 fully saturated rings. The van der Waals surface area contributed by atoms with E-state index in [-0.39, 0.29) is 24.6 Å². The average Bonchev–Trinajstić information content (AvgIpc) is 2.71. The Balaban J connectivity index is 3.23. The molecule has 1 heterocycles. The van der Waals surface area contributed by atoms with Crippen molar-refractivity contribution in [3.8, 4) is 0 Å². The topological polar surface area (TPSA) is 87.5 Å². The summed E-state index contributed by atoms with van der Waals surface area (Å²) in [6.07, 6.45) is 1.50. The van der Waals surface area contributed by atoms with Gasteiger partial charge in [0.05, 0.1) is 24.5 Å². The third-order valence-electron chi connectivity index (χ3n) is 3.17. The number of nitrogens with zero attached hydrogens (tertiary/aromatic N) is 3. The van der Waals surface area contributed by atoms with E-state index < -0.39 is 10.0 Å². The molecule has 7 nitrogen and oxygen atoms in total. The van der Waals surface area contributed by atoms with Crippen molar-refractivity contribution in [3.63, 3.8) is 0 Å². The zero-order valence-electron chi connectivity index (χ0n) is 12.8. The Morgan fingerprint density at radius 2 is 2.14 bits per heavy atom. The molecule has 0 amide bonds. The largest absolute Gasteiger partial charge is 0.395 e. The van der Waals surface area contributed by atoms with Gasteiger partial charge in [0.1, 0.15) is 4.90 Å². The highest BCUT2D eigenvalue weighted by Crippen LogP contribution is 2.23. The molecule has 0 aliphatic rings. The summed E-state index contributed by atoms with van der Waals surface area (Å²) in [5.41, 5.74) is 1.07. The van der Waals surface area contributed by atoms with Crippen LogP contribution in [0.15, 0.2) is 17.6 Å². The third-order valence-corrected chi connectivity index (χ3v) is 5.29. The van der Waals surface area contributed by atoms with Crippen LogP contribution in [0.2, 0.25) is 0 Å². The van der Waals surface area contributed by atoms with E-state index >= 15 is 0 Å². The molecule has 0 radical (unpaired) electrons. The number of nitrogens with one attached hydrogen (secondary N) is 1. The number of aromatic nitrogens is 2. The molecule has 8 heteroatoms. The Morgan fingerprint density at radius 3 is 2.67 bits per heavy atom. The van der Waals surface area contributed by atoms with Gasteiger partial charge in [-0.15, -0.1) is 6.58 Å². The van der Waals surface area contributed by atoms with E-state index in [1.54, 1.807) is 18.5 Å². The summed E-state index contributed by atoms with van der Waals surface area (Å²) in [6, 6.07) is 0. The van der Waals surface area contributed by atoms with Crippen molar-refractivity contribution in [1.29, 1.82) is 0 Å². The summed E-state index contributed by atoms with van der Waals surface area (Å²) in [4.78, 5) is 0.217. The van der Waals surface area contributed by atoms with Crippen molar-refractivity contribution in [2.24, 2.45) is 0 Å². The number of likely N-dealkylation sites (N-methyl/N-ethyl adjacent to an activating group) is 1. The van der Waals surface area contributed by atoms with Crippen molar-refractivity contribution < 1.29 is 13.5 Å². The van der Waals surface area contributed by atoms with Gasteiger partial charge in [0.25, 0.3) is 0 Å². The molecular weight excluding hydrogens is 292 g/mol. The van der Waals surface area contributed by atoms with Crippen LogP contribution < -0.4 is 5.32 Å². The molecule has 0 unspecified atom stereocenters. The van der Waals surface area contributed by atoms with Gasteiger partial charge in [-0.1, -0.05) is 6.08 Å². The second-order valence-electron chi connectivity index (χ2n) is 4.70. The molecule has 21 heavy (non-hydrogen) atoms. The number of aliphatic hydroxyl groups excluding tert-OH is 1. The first kappa shape index (κ1) is 17.8. The van der Waals surface area contributed by atoms with Crippen LogP contribution in [0.4, 0.5) is 0 Å². The van der Waals surface area contributed by atoms with Gasteiger partial charge in [0.15, 0.2) is 0 Å². The highest BCUT2D eigenvalue weighted by Gasteiger charge is 2.29. The highest BCUT2D eigenvalue weighted by atomic mass is 32.2. The van der Waals surface area contributed by atoms with E-state index in [0.717, 1.165) is 0 Å². The fourth-order valence-electron chi connectivity index (χ4n) is 2.18. The molecule has 0 bridgehead atoms. The van der Waals surface area contributed by atoms with Crippen LogP contribution in [0.3, 0.4) is 0 Å². The van der Waals surface area contributed by atoms with Crippen LogP contribution in [0.5, 0.6) is 0 Å². The van der Waals surface area contributed by atoms with Gasteiger partial charge in [0, 0.05) is 19.6 Å². The average molecular weight is 316 g/mol. The number of hydrogen-bond donors (Lipinski definition) is 2. The number of hydrogen-bond acceptors (Lipinski definition) is 5. The van der Waals surface area contributed by atoms with Gasteiger partial charge < -0.3 is 10.4 Å². The van der Waals surface area contributed by atoms with Gasteiger partial charge >= 0.3 is 0 Å². The molecule has 1 aromatic rings. The predicted molar refractivity (Wildman–Crippen MR) is 81.7 cm³/mol. The summed E-state index contributed by atoms with van der Waals surface area (Å²) < 4.78 is 28.4. The standard InChI is InChI=1S/C13H24N4O3S/c1-5-7-16(9-10-18)21(19,20)13-11(2)15-17(12(13)3)8-6-14-4/h5,14,18H,1,6-10H2,2-4H3. The Morgan fingerprint density at radius 1 is 1.48 bits per heavy atom. The molecule has 0 aliphatic heterocycles. The van der Waals surface area contributed by atoms with E-state index in [9.17, 15) is 8.42 Å². The summed E-state index contributed by atoms with van der Waals surface area (Å²) in [5.74, 6) is 0. The van der Waals surface area contributed by atoms with E-state index in [1.165, 1.54) is 10.4 Å². The summed E-state index contributed by atoms with van der Waals surface area (Å²) in [6.45, 7) is 8.24. The Bertz CT molecular complexity index is 580. The van der Waals surface area contributed by atoms with Crippen LogP contribution >= 0.6 is 0 Å². The van der Waals surface area contributed by atoms with Crippen molar-refractivity contribution in [2.45, 2.75) is 25.3 Å². The van der Waals surface area contributed by atoms with Crippen LogP contribution in [0, 0.1) is 13.8 Å². The Hall–Kier alpha value is -1.22. The molecule has 0 atom stereocenters. The summed E-state index contributed by atoms with van der Waals surface area (Å²) in [5, 5.41) is 16.4. The quantitative estimate of drug-likeness (QED) is 0.621. The molecule has 0 aliphatic carbocycles. The molecule has 120 valence electrons. The molecule has 0 saturated carbocycles. The summed E-state index contributed by atoms with van der Waals surface area (Å²) >= 11 is 0. The Kier molecular flexibility index (Phi) is 6.53. The highest BCUT2D eigenvalue weighted by molar-refractivity contribution is 7.89. The lowest BCUT2D eigenvalue weighted by Gasteiger charge is -2.19. The Labute approximate surface area is 126 Å². The van der Waals surface area contributed by atoms with Gasteiger partial charge in [-0.3, -0.25) is 4.68 Å². The lowest BCUT2D eigenvalue weighted by atomic mass is 10.4. The van der Waals surface area contributed by atoms with Crippen molar-refractivity contribution >= 4 is 10.0 Å². The molecule has 1 rings (SSSR count). The van der Waals surface area contributed by atoms with Crippen molar-refractivity contribution in [3.05, 3.63) is 24.0 Å². The molecule has 2 N–H and O–H groups in total. The number of aliphatic hydroxyl groups is 1. The van der Waals surface area contributed by atoms with Crippen molar-refractivity contribution in [2.75, 3.05) is 33.3 Å². The molecular formula is C13H24N4O3S. The maximum atomic E-state index is 12.7. The first-order valence-electron chi connectivity index (χ1n) is 6.80. The van der Waals surface area contributed by atoms with Gasteiger partial charge in [0.2, 0.25) is 10.0 Å². The maximum Gasteiger partial charge on any atom is 0.247 e. The van der Waals surface area contributed by atoms with Gasteiger partial charge in [-0.05, 0) is 20.9 Å². The monoisotopic (exact) mass is 316 g/mol. The summed E-state index contributed by atoms with van der Waals surface area (Å²) in [7, 11) is -1.86. The minimum Gasteiger partial charge on any atom is -0.395 e. The normalized spacial score (nSPS) is 12.0. The van der Waals surface area contributed by atoms with E-state index in [2.05, 4.69) is 17.0 Å². The lowest BCUT2D eigenvalue weighted by Crippen LogP contribution is -2.34. The minimum atomic E-state index is -3.69. The number of aryl methyl sites for hydroxylation is 1. The van der Waals surface area contributed by atoms with E-state index in [1.807, 2.05) is 7.05 Å². The second-order valence-corrected chi connectivity index (χ2v) is 6.58. The van der Waals surface area contributed by atoms with Crippen molar-refractivity contribution in [1.82, 2.24) is 19.4 Å². The van der Waals surface area contributed by atoms with Crippen LogP contribution in [-0.4, -0.2) is 60.9 Å². The number of rotatable bonds is 9. The molecule has 0 spiro atoms.